The maximum absolute atomic E-state index is 12.1. The minimum atomic E-state index is -0.654. The van der Waals surface area contributed by atoms with E-state index in [2.05, 4.69) is 10.1 Å². The summed E-state index contributed by atoms with van der Waals surface area (Å²) >= 11 is 0. The van der Waals surface area contributed by atoms with Crippen LogP contribution in [0.25, 0.3) is 0 Å². The van der Waals surface area contributed by atoms with Gasteiger partial charge in [0.15, 0.2) is 0 Å². The Morgan fingerprint density at radius 1 is 1.47 bits per heavy atom. The zero-order chi connectivity index (χ0) is 12.9. The Morgan fingerprint density at radius 2 is 2.06 bits per heavy atom. The first-order valence-electron chi connectivity index (χ1n) is 5.72. The molecule has 17 heavy (non-hydrogen) atoms. The van der Waals surface area contributed by atoms with Crippen molar-refractivity contribution in [1.29, 1.82) is 0 Å². The average Bonchev–Trinajstić information content (AvgIpc) is 2.38. The summed E-state index contributed by atoms with van der Waals surface area (Å²) in [6.45, 7) is 2.90. The lowest BCUT2D eigenvalue weighted by molar-refractivity contribution is -0.147. The monoisotopic (exact) mass is 244 g/mol. The van der Waals surface area contributed by atoms with Gasteiger partial charge in [-0.05, 0) is 19.8 Å². The molecule has 1 fully saturated rings. The zero-order valence-corrected chi connectivity index (χ0v) is 10.3. The van der Waals surface area contributed by atoms with Crippen LogP contribution in [-0.4, -0.2) is 44.8 Å². The summed E-state index contributed by atoms with van der Waals surface area (Å²) in [6.07, 6.45) is 1.17. The number of hydrogen-bond donors (Lipinski definition) is 2. The van der Waals surface area contributed by atoms with Gasteiger partial charge in [0.25, 0.3) is 0 Å². The van der Waals surface area contributed by atoms with Crippen molar-refractivity contribution < 1.29 is 19.1 Å². The highest BCUT2D eigenvalue weighted by molar-refractivity contribution is 5.88. The molecule has 1 amide bonds. The van der Waals surface area contributed by atoms with Crippen LogP contribution in [0.3, 0.4) is 0 Å². The van der Waals surface area contributed by atoms with E-state index in [1.807, 2.05) is 0 Å². The first-order chi connectivity index (χ1) is 8.05. The van der Waals surface area contributed by atoms with E-state index in [9.17, 15) is 9.59 Å². The van der Waals surface area contributed by atoms with E-state index < -0.39 is 17.4 Å². The highest BCUT2D eigenvalue weighted by Crippen LogP contribution is 2.29. The molecule has 0 bridgehead atoms. The smallest absolute Gasteiger partial charge is 0.328 e. The summed E-state index contributed by atoms with van der Waals surface area (Å²) < 4.78 is 9.78. The Kier molecular flexibility index (Phi) is 4.89. The van der Waals surface area contributed by atoms with Crippen LogP contribution < -0.4 is 11.1 Å². The fourth-order valence-electron chi connectivity index (χ4n) is 1.87. The number of esters is 1. The van der Waals surface area contributed by atoms with E-state index in [1.54, 1.807) is 6.92 Å². The molecule has 6 nitrogen and oxygen atoms in total. The van der Waals surface area contributed by atoms with E-state index in [-0.39, 0.29) is 12.5 Å². The van der Waals surface area contributed by atoms with Crippen LogP contribution in [0.4, 0.5) is 0 Å². The molecule has 3 N–H and O–H groups in total. The van der Waals surface area contributed by atoms with Crippen LogP contribution in [0, 0.1) is 5.41 Å². The van der Waals surface area contributed by atoms with Crippen molar-refractivity contribution in [3.63, 3.8) is 0 Å². The molecule has 1 rings (SSSR count). The second-order valence-electron chi connectivity index (χ2n) is 4.32. The number of rotatable bonds is 4. The van der Waals surface area contributed by atoms with Crippen LogP contribution in [0.5, 0.6) is 0 Å². The lowest BCUT2D eigenvalue weighted by atomic mass is 9.79. The van der Waals surface area contributed by atoms with Crippen LogP contribution >= 0.6 is 0 Å². The third-order valence-corrected chi connectivity index (χ3v) is 3.22. The van der Waals surface area contributed by atoms with Gasteiger partial charge in [-0.25, -0.2) is 4.79 Å². The Morgan fingerprint density at radius 3 is 2.53 bits per heavy atom. The Balaban J connectivity index is 2.63. The SMILES string of the molecule is COC(=O)[C@H](C)NC(=O)C1(CN)CCOCC1. The highest BCUT2D eigenvalue weighted by atomic mass is 16.5. The van der Waals surface area contributed by atoms with Gasteiger partial charge in [0.05, 0.1) is 12.5 Å². The van der Waals surface area contributed by atoms with Crippen LogP contribution in [0.2, 0.25) is 0 Å². The molecule has 0 unspecified atom stereocenters. The number of ether oxygens (including phenoxy) is 2. The molecule has 6 heteroatoms. The molecule has 1 heterocycles. The van der Waals surface area contributed by atoms with E-state index >= 15 is 0 Å². The van der Waals surface area contributed by atoms with Crippen molar-refractivity contribution >= 4 is 11.9 Å². The predicted molar refractivity (Wildman–Crippen MR) is 61.2 cm³/mol. The maximum atomic E-state index is 12.1. The molecule has 0 spiro atoms. The lowest BCUT2D eigenvalue weighted by Gasteiger charge is -2.35. The summed E-state index contributed by atoms with van der Waals surface area (Å²) in [7, 11) is 1.29. The molecule has 1 saturated heterocycles. The molecule has 1 aliphatic heterocycles. The quantitative estimate of drug-likeness (QED) is 0.646. The minimum Gasteiger partial charge on any atom is -0.467 e. The van der Waals surface area contributed by atoms with E-state index in [1.165, 1.54) is 7.11 Å². The summed E-state index contributed by atoms with van der Waals surface area (Å²) in [5, 5.41) is 2.64. The number of carbonyl (C=O) groups excluding carboxylic acids is 2. The minimum absolute atomic E-state index is 0.193. The molecular formula is C11H20N2O4. The maximum Gasteiger partial charge on any atom is 0.328 e. The second-order valence-corrected chi connectivity index (χ2v) is 4.32. The Labute approximate surface area is 101 Å². The first kappa shape index (κ1) is 13.9. The molecule has 0 aromatic carbocycles. The third-order valence-electron chi connectivity index (χ3n) is 3.22. The molecular weight excluding hydrogens is 224 g/mol. The molecule has 98 valence electrons. The number of nitrogens with one attached hydrogen (secondary N) is 1. The molecule has 0 aromatic heterocycles. The largest absolute Gasteiger partial charge is 0.467 e. The molecule has 1 aliphatic rings. The topological polar surface area (TPSA) is 90.7 Å². The zero-order valence-electron chi connectivity index (χ0n) is 10.3. The van der Waals surface area contributed by atoms with Gasteiger partial charge >= 0.3 is 5.97 Å². The van der Waals surface area contributed by atoms with Crippen molar-refractivity contribution in [3.05, 3.63) is 0 Å². The Hall–Kier alpha value is -1.14. The van der Waals surface area contributed by atoms with E-state index in [0.29, 0.717) is 26.1 Å². The van der Waals surface area contributed by atoms with Gasteiger partial charge in [-0.3, -0.25) is 4.79 Å². The number of carbonyl (C=O) groups is 2. The van der Waals surface area contributed by atoms with Crippen molar-refractivity contribution in [1.82, 2.24) is 5.32 Å². The predicted octanol–water partition coefficient (Wildman–Crippen LogP) is -0.580. The molecule has 0 aliphatic carbocycles. The summed E-state index contributed by atoms with van der Waals surface area (Å²) in [5.74, 6) is -0.654. The van der Waals surface area contributed by atoms with E-state index in [0.717, 1.165) is 0 Å². The van der Waals surface area contributed by atoms with Gasteiger partial charge in [0.2, 0.25) is 5.91 Å². The molecule has 0 radical (unpaired) electrons. The number of methoxy groups -OCH3 is 1. The van der Waals surface area contributed by atoms with Crippen molar-refractivity contribution in [2.45, 2.75) is 25.8 Å². The number of amides is 1. The van der Waals surface area contributed by atoms with E-state index in [4.69, 9.17) is 10.5 Å². The number of nitrogens with two attached hydrogens (primary N) is 1. The summed E-state index contributed by atoms with van der Waals surface area (Å²) in [6, 6.07) is -0.654. The summed E-state index contributed by atoms with van der Waals surface area (Å²) in [4.78, 5) is 23.4. The third kappa shape index (κ3) is 3.17. The lowest BCUT2D eigenvalue weighted by Crippen LogP contribution is -2.52. The van der Waals surface area contributed by atoms with Gasteiger partial charge in [0, 0.05) is 19.8 Å². The fraction of sp³-hybridized carbons (Fsp3) is 0.818. The first-order valence-corrected chi connectivity index (χ1v) is 5.72. The fourth-order valence-corrected chi connectivity index (χ4v) is 1.87. The van der Waals surface area contributed by atoms with Crippen LogP contribution in [0.1, 0.15) is 19.8 Å². The van der Waals surface area contributed by atoms with Crippen LogP contribution in [0.15, 0.2) is 0 Å². The van der Waals surface area contributed by atoms with Gasteiger partial charge in [-0.1, -0.05) is 0 Å². The van der Waals surface area contributed by atoms with Crippen molar-refractivity contribution in [2.24, 2.45) is 11.1 Å². The Bertz CT molecular complexity index is 287. The number of hydrogen-bond acceptors (Lipinski definition) is 5. The van der Waals surface area contributed by atoms with Gasteiger partial charge in [-0.2, -0.15) is 0 Å². The normalized spacial score (nSPS) is 20.4. The summed E-state index contributed by atoms with van der Waals surface area (Å²) in [5.41, 5.74) is 5.08. The molecule has 0 saturated carbocycles. The van der Waals surface area contributed by atoms with Gasteiger partial charge in [0.1, 0.15) is 6.04 Å². The molecule has 0 aromatic rings. The highest BCUT2D eigenvalue weighted by Gasteiger charge is 2.39. The average molecular weight is 244 g/mol. The van der Waals surface area contributed by atoms with Gasteiger partial charge in [-0.15, -0.1) is 0 Å². The van der Waals surface area contributed by atoms with Crippen molar-refractivity contribution in [2.75, 3.05) is 26.9 Å². The van der Waals surface area contributed by atoms with Crippen LogP contribution in [-0.2, 0) is 19.1 Å². The second kappa shape index (κ2) is 5.97. The standard InChI is InChI=1S/C11H20N2O4/c1-8(9(14)16-2)13-10(15)11(7-12)3-5-17-6-4-11/h8H,3-7,12H2,1-2H3,(H,13,15)/t8-/m0/s1. The van der Waals surface area contributed by atoms with Gasteiger partial charge < -0.3 is 20.5 Å². The molecule has 1 atom stereocenters. The van der Waals surface area contributed by atoms with Crippen molar-refractivity contribution in [3.8, 4) is 0 Å².